The number of hydrogen-bond acceptors (Lipinski definition) is 4. The molecule has 21 heavy (non-hydrogen) atoms. The van der Waals surface area contributed by atoms with Crippen molar-refractivity contribution in [1.82, 2.24) is 4.90 Å². The molecule has 0 aliphatic carbocycles. The molecule has 3 heterocycles. The number of piperidine rings is 1. The molecule has 2 aliphatic heterocycles. The van der Waals surface area contributed by atoms with Crippen molar-refractivity contribution in [2.24, 2.45) is 5.92 Å². The summed E-state index contributed by atoms with van der Waals surface area (Å²) in [6, 6.07) is 1.30. The molecule has 0 spiro atoms. The standard InChI is InChI=1S/C15H19NO3S2/c1-9-3-2-5-16(13(9)15(18)19)14(17)12-7-10-8-20-6-4-11(10)21-12/h7,9,13H,2-6,8H2,1H3,(H,18,19). The van der Waals surface area contributed by atoms with Gasteiger partial charge < -0.3 is 10.0 Å². The van der Waals surface area contributed by atoms with E-state index in [4.69, 9.17) is 0 Å². The van der Waals surface area contributed by atoms with Gasteiger partial charge in [-0.05, 0) is 42.6 Å². The van der Waals surface area contributed by atoms with Gasteiger partial charge in [-0.25, -0.2) is 4.79 Å². The van der Waals surface area contributed by atoms with Crippen molar-refractivity contribution < 1.29 is 14.7 Å². The summed E-state index contributed by atoms with van der Waals surface area (Å²) in [4.78, 5) is 27.8. The van der Waals surface area contributed by atoms with Crippen LogP contribution in [0.1, 0.15) is 39.9 Å². The molecule has 2 unspecified atom stereocenters. The summed E-state index contributed by atoms with van der Waals surface area (Å²) in [6.07, 6.45) is 2.78. The van der Waals surface area contributed by atoms with E-state index in [0.29, 0.717) is 11.4 Å². The molecule has 1 N–H and O–H groups in total. The molecule has 6 heteroatoms. The maximum atomic E-state index is 12.7. The van der Waals surface area contributed by atoms with E-state index in [-0.39, 0.29) is 11.8 Å². The lowest BCUT2D eigenvalue weighted by Gasteiger charge is -2.37. The largest absolute Gasteiger partial charge is 0.480 e. The van der Waals surface area contributed by atoms with Crippen molar-refractivity contribution in [3.63, 3.8) is 0 Å². The molecule has 0 bridgehead atoms. The Bertz CT molecular complexity index is 546. The van der Waals surface area contributed by atoms with Crippen LogP contribution in [0.4, 0.5) is 0 Å². The minimum atomic E-state index is -0.882. The fraction of sp³-hybridized carbons (Fsp3) is 0.600. The molecule has 2 aliphatic rings. The third-order valence-electron chi connectivity index (χ3n) is 4.29. The highest BCUT2D eigenvalue weighted by atomic mass is 32.2. The Balaban J connectivity index is 1.86. The average molecular weight is 325 g/mol. The second-order valence-electron chi connectivity index (χ2n) is 5.76. The summed E-state index contributed by atoms with van der Waals surface area (Å²) in [6.45, 7) is 2.48. The van der Waals surface area contributed by atoms with Crippen molar-refractivity contribution in [2.45, 2.75) is 38.0 Å². The number of hydrogen-bond donors (Lipinski definition) is 1. The number of carboxylic acid groups (broad SMARTS) is 1. The Morgan fingerprint density at radius 2 is 2.24 bits per heavy atom. The van der Waals surface area contributed by atoms with E-state index in [1.54, 1.807) is 16.2 Å². The first-order valence-corrected chi connectivity index (χ1v) is 9.28. The van der Waals surface area contributed by atoms with Gasteiger partial charge in [0.2, 0.25) is 0 Å². The zero-order valence-electron chi connectivity index (χ0n) is 12.0. The van der Waals surface area contributed by atoms with Crippen LogP contribution in [0, 0.1) is 5.92 Å². The van der Waals surface area contributed by atoms with Crippen LogP contribution in [-0.2, 0) is 17.0 Å². The summed E-state index contributed by atoms with van der Waals surface area (Å²) in [5.74, 6) is 1.12. The van der Waals surface area contributed by atoms with Gasteiger partial charge in [0.25, 0.3) is 5.91 Å². The third kappa shape index (κ3) is 2.83. The molecule has 1 saturated heterocycles. The lowest BCUT2D eigenvalue weighted by atomic mass is 9.90. The molecule has 3 rings (SSSR count). The van der Waals surface area contributed by atoms with Gasteiger partial charge >= 0.3 is 5.97 Å². The van der Waals surface area contributed by atoms with Crippen LogP contribution in [0.2, 0.25) is 0 Å². The summed E-state index contributed by atoms with van der Waals surface area (Å²) in [5, 5.41) is 9.44. The predicted molar refractivity (Wildman–Crippen MR) is 85.0 cm³/mol. The Kier molecular flexibility index (Phi) is 4.26. The number of carboxylic acids is 1. The molecular formula is C15H19NO3S2. The Morgan fingerprint density at radius 1 is 1.43 bits per heavy atom. The monoisotopic (exact) mass is 325 g/mol. The number of fused-ring (bicyclic) bond motifs is 1. The molecular weight excluding hydrogens is 306 g/mol. The third-order valence-corrected chi connectivity index (χ3v) is 6.52. The molecule has 1 fully saturated rings. The molecule has 0 saturated carbocycles. The van der Waals surface area contributed by atoms with E-state index in [1.807, 2.05) is 24.8 Å². The fourth-order valence-corrected chi connectivity index (χ4v) is 5.51. The van der Waals surface area contributed by atoms with Gasteiger partial charge in [0, 0.05) is 17.2 Å². The second kappa shape index (κ2) is 6.01. The topological polar surface area (TPSA) is 57.6 Å². The minimum absolute atomic E-state index is 0.0188. The van der Waals surface area contributed by atoms with E-state index >= 15 is 0 Å². The molecule has 1 aromatic heterocycles. The molecule has 0 radical (unpaired) electrons. The highest BCUT2D eigenvalue weighted by molar-refractivity contribution is 7.98. The highest BCUT2D eigenvalue weighted by Crippen LogP contribution is 2.33. The molecule has 0 aromatic carbocycles. The van der Waals surface area contributed by atoms with Crippen molar-refractivity contribution in [3.05, 3.63) is 21.4 Å². The van der Waals surface area contributed by atoms with Crippen molar-refractivity contribution >= 4 is 35.0 Å². The summed E-state index contributed by atoms with van der Waals surface area (Å²) >= 11 is 3.45. The van der Waals surface area contributed by atoms with Gasteiger partial charge in [-0.1, -0.05) is 6.92 Å². The number of carbonyl (C=O) groups excluding carboxylic acids is 1. The van der Waals surface area contributed by atoms with Gasteiger partial charge in [-0.3, -0.25) is 4.79 Å². The van der Waals surface area contributed by atoms with E-state index in [1.165, 1.54) is 10.4 Å². The highest BCUT2D eigenvalue weighted by Gasteiger charge is 2.38. The Hall–Kier alpha value is -1.01. The summed E-state index contributed by atoms with van der Waals surface area (Å²) in [5.41, 5.74) is 1.26. The van der Waals surface area contributed by atoms with Crippen LogP contribution >= 0.6 is 23.1 Å². The quantitative estimate of drug-likeness (QED) is 0.908. The fourth-order valence-electron chi connectivity index (χ4n) is 3.19. The van der Waals surface area contributed by atoms with Crippen LogP contribution in [0.15, 0.2) is 6.07 Å². The van der Waals surface area contributed by atoms with Crippen LogP contribution in [0.5, 0.6) is 0 Å². The van der Waals surface area contributed by atoms with E-state index in [2.05, 4.69) is 0 Å². The van der Waals surface area contributed by atoms with Crippen molar-refractivity contribution in [2.75, 3.05) is 12.3 Å². The van der Waals surface area contributed by atoms with Gasteiger partial charge in [-0.2, -0.15) is 11.8 Å². The Labute approximate surface area is 132 Å². The zero-order valence-corrected chi connectivity index (χ0v) is 13.6. The van der Waals surface area contributed by atoms with Crippen LogP contribution in [0.3, 0.4) is 0 Å². The number of carbonyl (C=O) groups is 2. The Morgan fingerprint density at radius 3 is 2.95 bits per heavy atom. The first kappa shape index (κ1) is 14.9. The number of rotatable bonds is 2. The van der Waals surface area contributed by atoms with Gasteiger partial charge in [0.15, 0.2) is 0 Å². The number of amides is 1. The summed E-state index contributed by atoms with van der Waals surface area (Å²) in [7, 11) is 0. The average Bonchev–Trinajstić information content (AvgIpc) is 2.89. The van der Waals surface area contributed by atoms with E-state index in [0.717, 1.165) is 30.8 Å². The predicted octanol–water partition coefficient (Wildman–Crippen LogP) is 2.86. The molecule has 1 aromatic rings. The van der Waals surface area contributed by atoms with E-state index < -0.39 is 12.0 Å². The maximum Gasteiger partial charge on any atom is 0.326 e. The SMILES string of the molecule is CC1CCCN(C(=O)c2cc3c(s2)CCSC3)C1C(=O)O. The minimum Gasteiger partial charge on any atom is -0.480 e. The normalized spacial score (nSPS) is 25.5. The maximum absolute atomic E-state index is 12.7. The number of aryl methyl sites for hydroxylation is 1. The van der Waals surface area contributed by atoms with Crippen molar-refractivity contribution in [1.29, 1.82) is 0 Å². The lowest BCUT2D eigenvalue weighted by Crippen LogP contribution is -2.51. The smallest absolute Gasteiger partial charge is 0.326 e. The number of likely N-dealkylation sites (tertiary alicyclic amines) is 1. The molecule has 2 atom stereocenters. The number of thioether (sulfide) groups is 1. The molecule has 4 nitrogen and oxygen atoms in total. The zero-order chi connectivity index (χ0) is 15.0. The van der Waals surface area contributed by atoms with Crippen LogP contribution < -0.4 is 0 Å². The molecule has 1 amide bonds. The van der Waals surface area contributed by atoms with Gasteiger partial charge in [0.1, 0.15) is 6.04 Å². The summed E-state index contributed by atoms with van der Waals surface area (Å²) < 4.78 is 0. The van der Waals surface area contributed by atoms with Crippen LogP contribution in [-0.4, -0.2) is 40.2 Å². The van der Waals surface area contributed by atoms with Gasteiger partial charge in [0.05, 0.1) is 4.88 Å². The van der Waals surface area contributed by atoms with Crippen molar-refractivity contribution in [3.8, 4) is 0 Å². The first-order valence-electron chi connectivity index (χ1n) is 7.31. The first-order chi connectivity index (χ1) is 10.1. The number of aliphatic carboxylic acids is 1. The van der Waals surface area contributed by atoms with Gasteiger partial charge in [-0.15, -0.1) is 11.3 Å². The number of nitrogens with zero attached hydrogens (tertiary/aromatic N) is 1. The number of thiophene rings is 1. The van der Waals surface area contributed by atoms with E-state index in [9.17, 15) is 14.7 Å². The molecule has 114 valence electrons. The lowest BCUT2D eigenvalue weighted by molar-refractivity contribution is -0.145. The second-order valence-corrected chi connectivity index (χ2v) is 8.00. The van der Waals surface area contributed by atoms with Crippen LogP contribution in [0.25, 0.3) is 0 Å².